The molecule has 0 amide bonds. The van der Waals surface area contributed by atoms with Crippen molar-refractivity contribution in [1.82, 2.24) is 4.90 Å². The highest BCUT2D eigenvalue weighted by Crippen LogP contribution is 2.23. The SMILES string of the molecule is c1cc2cc(NCCN3CCCC3)ccc2s1. The molecule has 2 aromatic rings. The Morgan fingerprint density at radius 1 is 1.18 bits per heavy atom. The summed E-state index contributed by atoms with van der Waals surface area (Å²) in [5.41, 5.74) is 1.25. The summed E-state index contributed by atoms with van der Waals surface area (Å²) in [5.74, 6) is 0. The van der Waals surface area contributed by atoms with Gasteiger partial charge in [0.25, 0.3) is 0 Å². The maximum absolute atomic E-state index is 3.52. The van der Waals surface area contributed by atoms with Crippen molar-refractivity contribution in [3.8, 4) is 0 Å². The molecule has 3 heteroatoms. The second kappa shape index (κ2) is 5.07. The fourth-order valence-electron chi connectivity index (χ4n) is 2.44. The van der Waals surface area contributed by atoms with E-state index >= 15 is 0 Å². The van der Waals surface area contributed by atoms with Crippen molar-refractivity contribution in [3.05, 3.63) is 29.6 Å². The lowest BCUT2D eigenvalue weighted by atomic mass is 10.2. The van der Waals surface area contributed by atoms with Crippen LogP contribution in [-0.2, 0) is 0 Å². The van der Waals surface area contributed by atoms with Crippen LogP contribution in [0.15, 0.2) is 29.6 Å². The maximum atomic E-state index is 3.52. The van der Waals surface area contributed by atoms with Gasteiger partial charge in [-0.2, -0.15) is 0 Å². The molecule has 2 nitrogen and oxygen atoms in total. The first kappa shape index (κ1) is 11.1. The average Bonchev–Trinajstić information content (AvgIpc) is 2.98. The summed E-state index contributed by atoms with van der Waals surface area (Å²) in [5, 5.41) is 7.02. The van der Waals surface area contributed by atoms with Crippen LogP contribution >= 0.6 is 11.3 Å². The third-order valence-corrected chi connectivity index (χ3v) is 4.31. The summed E-state index contributed by atoms with van der Waals surface area (Å²) in [7, 11) is 0. The Morgan fingerprint density at radius 3 is 2.94 bits per heavy atom. The Morgan fingerprint density at radius 2 is 2.06 bits per heavy atom. The van der Waals surface area contributed by atoms with Crippen molar-refractivity contribution in [1.29, 1.82) is 0 Å². The first-order chi connectivity index (χ1) is 8.42. The first-order valence-corrected chi connectivity index (χ1v) is 7.23. The van der Waals surface area contributed by atoms with Crippen molar-refractivity contribution in [3.63, 3.8) is 0 Å². The van der Waals surface area contributed by atoms with Gasteiger partial charge < -0.3 is 10.2 Å². The predicted octanol–water partition coefficient (Wildman–Crippen LogP) is 3.41. The lowest BCUT2D eigenvalue weighted by molar-refractivity contribution is 0.353. The van der Waals surface area contributed by atoms with E-state index < -0.39 is 0 Å². The van der Waals surface area contributed by atoms with Crippen molar-refractivity contribution in [2.75, 3.05) is 31.5 Å². The van der Waals surface area contributed by atoms with Gasteiger partial charge in [-0.15, -0.1) is 11.3 Å². The quantitative estimate of drug-likeness (QED) is 0.889. The molecule has 1 saturated heterocycles. The van der Waals surface area contributed by atoms with Gasteiger partial charge in [0, 0.05) is 23.5 Å². The minimum atomic E-state index is 1.05. The number of rotatable bonds is 4. The summed E-state index contributed by atoms with van der Waals surface area (Å²) in [6, 6.07) is 8.82. The summed E-state index contributed by atoms with van der Waals surface area (Å²) < 4.78 is 1.37. The first-order valence-electron chi connectivity index (χ1n) is 6.35. The second-order valence-electron chi connectivity index (χ2n) is 4.65. The lowest BCUT2D eigenvalue weighted by Gasteiger charge is -2.15. The molecule has 0 saturated carbocycles. The number of likely N-dealkylation sites (tertiary alicyclic amines) is 1. The van der Waals surface area contributed by atoms with Crippen LogP contribution in [0, 0.1) is 0 Å². The molecular formula is C14H18N2S. The van der Waals surface area contributed by atoms with Gasteiger partial charge in [0.15, 0.2) is 0 Å². The third kappa shape index (κ3) is 2.61. The Balaban J connectivity index is 1.56. The van der Waals surface area contributed by atoms with Crippen LogP contribution < -0.4 is 5.32 Å². The average molecular weight is 246 g/mol. The zero-order valence-electron chi connectivity index (χ0n) is 9.98. The Bertz CT molecular complexity index is 486. The summed E-state index contributed by atoms with van der Waals surface area (Å²) in [6.45, 7) is 4.79. The fourth-order valence-corrected chi connectivity index (χ4v) is 3.21. The molecule has 1 aromatic carbocycles. The molecule has 1 fully saturated rings. The Kier molecular flexibility index (Phi) is 3.29. The summed E-state index contributed by atoms with van der Waals surface area (Å²) in [4.78, 5) is 2.54. The lowest BCUT2D eigenvalue weighted by Crippen LogP contribution is -2.25. The molecule has 0 atom stereocenters. The highest BCUT2D eigenvalue weighted by molar-refractivity contribution is 7.17. The van der Waals surface area contributed by atoms with Crippen LogP contribution in [0.25, 0.3) is 10.1 Å². The van der Waals surface area contributed by atoms with Crippen molar-refractivity contribution in [2.45, 2.75) is 12.8 Å². The number of hydrogen-bond donors (Lipinski definition) is 1. The van der Waals surface area contributed by atoms with E-state index in [2.05, 4.69) is 39.9 Å². The Hall–Kier alpha value is -1.06. The highest BCUT2D eigenvalue weighted by atomic mass is 32.1. The molecule has 0 aliphatic carbocycles. The molecule has 1 aromatic heterocycles. The summed E-state index contributed by atoms with van der Waals surface area (Å²) >= 11 is 1.80. The van der Waals surface area contributed by atoms with E-state index in [1.807, 2.05) is 0 Å². The molecule has 3 rings (SSSR count). The van der Waals surface area contributed by atoms with Crippen LogP contribution in [0.5, 0.6) is 0 Å². The van der Waals surface area contributed by atoms with Crippen molar-refractivity contribution >= 4 is 27.1 Å². The van der Waals surface area contributed by atoms with Gasteiger partial charge in [0.2, 0.25) is 0 Å². The zero-order chi connectivity index (χ0) is 11.5. The van der Waals surface area contributed by atoms with E-state index in [-0.39, 0.29) is 0 Å². The van der Waals surface area contributed by atoms with E-state index in [4.69, 9.17) is 0 Å². The number of thiophene rings is 1. The van der Waals surface area contributed by atoms with Crippen LogP contribution in [0.1, 0.15) is 12.8 Å². The molecule has 0 bridgehead atoms. The van der Waals surface area contributed by atoms with Gasteiger partial charge in [-0.3, -0.25) is 0 Å². The molecule has 17 heavy (non-hydrogen) atoms. The number of fused-ring (bicyclic) bond motifs is 1. The molecule has 1 aliphatic rings. The van der Waals surface area contributed by atoms with E-state index in [0.29, 0.717) is 0 Å². The molecule has 0 spiro atoms. The van der Waals surface area contributed by atoms with Crippen LogP contribution in [0.4, 0.5) is 5.69 Å². The van der Waals surface area contributed by atoms with Crippen molar-refractivity contribution < 1.29 is 0 Å². The van der Waals surface area contributed by atoms with E-state index in [9.17, 15) is 0 Å². The van der Waals surface area contributed by atoms with Gasteiger partial charge in [-0.05, 0) is 61.0 Å². The van der Waals surface area contributed by atoms with Crippen LogP contribution in [0.2, 0.25) is 0 Å². The number of nitrogens with one attached hydrogen (secondary N) is 1. The van der Waals surface area contributed by atoms with Gasteiger partial charge in [-0.25, -0.2) is 0 Å². The largest absolute Gasteiger partial charge is 0.384 e. The second-order valence-corrected chi connectivity index (χ2v) is 5.60. The van der Waals surface area contributed by atoms with Gasteiger partial charge >= 0.3 is 0 Å². The molecule has 2 heterocycles. The number of benzene rings is 1. The monoisotopic (exact) mass is 246 g/mol. The smallest absolute Gasteiger partial charge is 0.0347 e. The zero-order valence-corrected chi connectivity index (χ0v) is 10.8. The van der Waals surface area contributed by atoms with Crippen LogP contribution in [0.3, 0.4) is 0 Å². The number of hydrogen-bond acceptors (Lipinski definition) is 3. The molecular weight excluding hydrogens is 228 g/mol. The minimum absolute atomic E-state index is 1.05. The van der Waals surface area contributed by atoms with Gasteiger partial charge in [0.1, 0.15) is 0 Å². The van der Waals surface area contributed by atoms with Gasteiger partial charge in [-0.1, -0.05) is 0 Å². The topological polar surface area (TPSA) is 15.3 Å². The van der Waals surface area contributed by atoms with Crippen LogP contribution in [-0.4, -0.2) is 31.1 Å². The van der Waals surface area contributed by atoms with E-state index in [1.54, 1.807) is 11.3 Å². The number of nitrogens with zero attached hydrogens (tertiary/aromatic N) is 1. The maximum Gasteiger partial charge on any atom is 0.0347 e. The van der Waals surface area contributed by atoms with E-state index in [0.717, 1.165) is 6.54 Å². The number of anilines is 1. The highest BCUT2D eigenvalue weighted by Gasteiger charge is 2.10. The standard InChI is InChI=1S/C14H18N2S/c1-2-8-16(7-1)9-6-15-13-3-4-14-12(11-13)5-10-17-14/h3-5,10-11,15H,1-2,6-9H2. The fraction of sp³-hybridized carbons (Fsp3) is 0.429. The van der Waals surface area contributed by atoms with E-state index in [1.165, 1.54) is 48.2 Å². The molecule has 0 radical (unpaired) electrons. The minimum Gasteiger partial charge on any atom is -0.384 e. The molecule has 90 valence electrons. The normalized spacial score (nSPS) is 16.7. The third-order valence-electron chi connectivity index (χ3n) is 3.41. The molecule has 1 aliphatic heterocycles. The molecule has 1 N–H and O–H groups in total. The van der Waals surface area contributed by atoms with Crippen molar-refractivity contribution in [2.24, 2.45) is 0 Å². The Labute approximate surface area is 106 Å². The predicted molar refractivity (Wildman–Crippen MR) is 76.0 cm³/mol. The summed E-state index contributed by atoms with van der Waals surface area (Å²) in [6.07, 6.45) is 2.75. The van der Waals surface area contributed by atoms with Gasteiger partial charge in [0.05, 0.1) is 0 Å². The molecule has 0 unspecified atom stereocenters.